The molecule has 0 saturated carbocycles. The molecule has 0 aliphatic carbocycles. The fraction of sp³-hybridized carbons (Fsp3) is 0.394. The van der Waals surface area contributed by atoms with Crippen molar-refractivity contribution < 1.29 is 24.1 Å². The van der Waals surface area contributed by atoms with Crippen molar-refractivity contribution in [2.45, 2.75) is 72.1 Å². The number of rotatable bonds is 15. The first-order valence-electron chi connectivity index (χ1n) is 13.9. The van der Waals surface area contributed by atoms with Crippen LogP contribution in [-0.4, -0.2) is 18.5 Å². The molecule has 0 saturated heterocycles. The third kappa shape index (κ3) is 8.84. The Morgan fingerprint density at radius 2 is 1.50 bits per heavy atom. The molecule has 3 aromatic rings. The van der Waals surface area contributed by atoms with Crippen molar-refractivity contribution in [3.8, 4) is 16.9 Å². The smallest absolute Gasteiger partial charge is 0.373 e. The summed E-state index contributed by atoms with van der Waals surface area (Å²) in [6.07, 6.45) is 8.34. The standard InChI is InChI=1S/C33H40O5/c1-4-6-7-8-9-15-22-36-38-32(34)27-20-21-30(28(24-27)23-25(3)5-2)33(35)37-31-19-14-13-18-29(31)26-16-11-10-12-17-26/h10-14,16-21,24-25H,4-9,15,22-23H2,1-3H3. The molecule has 3 rings (SSSR count). The number of ether oxygens (including phenoxy) is 1. The monoisotopic (exact) mass is 516 g/mol. The van der Waals surface area contributed by atoms with E-state index in [4.69, 9.17) is 14.5 Å². The summed E-state index contributed by atoms with van der Waals surface area (Å²) >= 11 is 0. The Hall–Kier alpha value is -3.44. The molecule has 0 amide bonds. The first-order valence-corrected chi connectivity index (χ1v) is 13.9. The van der Waals surface area contributed by atoms with Crippen molar-refractivity contribution in [2.24, 2.45) is 5.92 Å². The number of carbonyl (C=O) groups is 2. The zero-order valence-electron chi connectivity index (χ0n) is 22.9. The van der Waals surface area contributed by atoms with Gasteiger partial charge < -0.3 is 4.74 Å². The van der Waals surface area contributed by atoms with Crippen molar-refractivity contribution in [3.63, 3.8) is 0 Å². The third-order valence-electron chi connectivity index (χ3n) is 6.72. The second kappa shape index (κ2) is 15.7. The number of carbonyl (C=O) groups excluding carboxylic acids is 2. The molecule has 1 atom stereocenters. The molecular weight excluding hydrogens is 476 g/mol. The van der Waals surface area contributed by atoms with Crippen LogP contribution in [0.1, 0.15) is 92.0 Å². The Bertz CT molecular complexity index is 1160. The van der Waals surface area contributed by atoms with Crippen LogP contribution in [0, 0.1) is 5.92 Å². The zero-order valence-corrected chi connectivity index (χ0v) is 22.9. The lowest BCUT2D eigenvalue weighted by atomic mass is 9.93. The number of unbranched alkanes of at least 4 members (excludes halogenated alkanes) is 5. The quantitative estimate of drug-likeness (QED) is 0.0665. The largest absolute Gasteiger partial charge is 0.422 e. The summed E-state index contributed by atoms with van der Waals surface area (Å²) in [4.78, 5) is 36.2. The summed E-state index contributed by atoms with van der Waals surface area (Å²) in [6, 6.07) is 22.3. The van der Waals surface area contributed by atoms with Crippen molar-refractivity contribution in [3.05, 3.63) is 89.5 Å². The summed E-state index contributed by atoms with van der Waals surface area (Å²) in [5.41, 5.74) is 3.36. The van der Waals surface area contributed by atoms with Crippen molar-refractivity contribution in [1.29, 1.82) is 0 Å². The van der Waals surface area contributed by atoms with E-state index in [-0.39, 0.29) is 0 Å². The van der Waals surface area contributed by atoms with E-state index in [1.807, 2.05) is 48.5 Å². The van der Waals surface area contributed by atoms with Gasteiger partial charge in [0.2, 0.25) is 0 Å². The molecular formula is C33H40O5. The molecule has 0 aromatic heterocycles. The molecule has 0 bridgehead atoms. The first kappa shape index (κ1) is 29.1. The average Bonchev–Trinajstić information content (AvgIpc) is 2.95. The summed E-state index contributed by atoms with van der Waals surface area (Å²) in [6.45, 7) is 6.79. The van der Waals surface area contributed by atoms with Crippen LogP contribution in [0.4, 0.5) is 0 Å². The van der Waals surface area contributed by atoms with E-state index in [1.165, 1.54) is 19.3 Å². The average molecular weight is 517 g/mol. The highest BCUT2D eigenvalue weighted by molar-refractivity contribution is 5.96. The Labute approximate surface area is 227 Å². The number of benzene rings is 3. The molecule has 202 valence electrons. The van der Waals surface area contributed by atoms with E-state index >= 15 is 0 Å². The molecule has 0 radical (unpaired) electrons. The Kier molecular flexibility index (Phi) is 12.1. The van der Waals surface area contributed by atoms with Crippen LogP contribution >= 0.6 is 0 Å². The maximum absolute atomic E-state index is 13.3. The maximum atomic E-state index is 13.3. The van der Waals surface area contributed by atoms with Gasteiger partial charge in [-0.15, -0.1) is 0 Å². The summed E-state index contributed by atoms with van der Waals surface area (Å²) in [5.74, 6) is -0.195. The molecule has 0 heterocycles. The predicted molar refractivity (Wildman–Crippen MR) is 151 cm³/mol. The number of esters is 1. The Morgan fingerprint density at radius 1 is 0.789 bits per heavy atom. The van der Waals surface area contributed by atoms with Gasteiger partial charge in [-0.1, -0.05) is 108 Å². The normalized spacial score (nSPS) is 11.7. The van der Waals surface area contributed by atoms with E-state index in [0.29, 0.717) is 35.8 Å². The lowest BCUT2D eigenvalue weighted by Crippen LogP contribution is -2.15. The topological polar surface area (TPSA) is 61.8 Å². The van der Waals surface area contributed by atoms with E-state index in [2.05, 4.69) is 20.8 Å². The fourth-order valence-electron chi connectivity index (χ4n) is 4.26. The third-order valence-corrected chi connectivity index (χ3v) is 6.72. The van der Waals surface area contributed by atoms with Gasteiger partial charge in [-0.2, -0.15) is 4.89 Å². The van der Waals surface area contributed by atoms with Gasteiger partial charge >= 0.3 is 11.9 Å². The van der Waals surface area contributed by atoms with Gasteiger partial charge in [-0.25, -0.2) is 9.59 Å². The van der Waals surface area contributed by atoms with Crippen molar-refractivity contribution >= 4 is 11.9 Å². The fourth-order valence-corrected chi connectivity index (χ4v) is 4.26. The van der Waals surface area contributed by atoms with E-state index in [9.17, 15) is 9.59 Å². The van der Waals surface area contributed by atoms with Gasteiger partial charge in [0.25, 0.3) is 0 Å². The minimum Gasteiger partial charge on any atom is -0.422 e. The molecule has 3 aromatic carbocycles. The van der Waals surface area contributed by atoms with Gasteiger partial charge in [0, 0.05) is 5.56 Å². The summed E-state index contributed by atoms with van der Waals surface area (Å²) in [5, 5.41) is 0. The highest BCUT2D eigenvalue weighted by atomic mass is 17.2. The molecule has 0 N–H and O–H groups in total. The molecule has 5 heteroatoms. The highest BCUT2D eigenvalue weighted by Gasteiger charge is 2.20. The van der Waals surface area contributed by atoms with Gasteiger partial charge in [-0.3, -0.25) is 4.89 Å². The van der Waals surface area contributed by atoms with Crippen LogP contribution in [0.15, 0.2) is 72.8 Å². The first-order chi connectivity index (χ1) is 18.5. The number of para-hydroxylation sites is 1. The maximum Gasteiger partial charge on any atom is 0.373 e. The number of hydrogen-bond donors (Lipinski definition) is 0. The second-order valence-corrected chi connectivity index (χ2v) is 9.80. The Morgan fingerprint density at radius 3 is 2.26 bits per heavy atom. The molecule has 0 fully saturated rings. The zero-order chi connectivity index (χ0) is 27.2. The molecule has 1 unspecified atom stereocenters. The minimum absolute atomic E-state index is 0.327. The van der Waals surface area contributed by atoms with Crippen LogP contribution in [0.3, 0.4) is 0 Å². The lowest BCUT2D eigenvalue weighted by molar-refractivity contribution is -0.241. The van der Waals surface area contributed by atoms with Gasteiger partial charge in [0.1, 0.15) is 5.75 Å². The van der Waals surface area contributed by atoms with Crippen LogP contribution in [0.2, 0.25) is 0 Å². The van der Waals surface area contributed by atoms with Crippen molar-refractivity contribution in [1.82, 2.24) is 0 Å². The van der Waals surface area contributed by atoms with Crippen LogP contribution in [0.5, 0.6) is 5.75 Å². The molecule has 0 aliphatic heterocycles. The SMILES string of the molecule is CCCCCCCCOOC(=O)c1ccc(C(=O)Oc2ccccc2-c2ccccc2)c(CC(C)CC)c1. The van der Waals surface area contributed by atoms with E-state index in [0.717, 1.165) is 42.4 Å². The van der Waals surface area contributed by atoms with Crippen LogP contribution in [-0.2, 0) is 16.2 Å². The number of hydrogen-bond acceptors (Lipinski definition) is 5. The molecule has 5 nitrogen and oxygen atoms in total. The molecule has 38 heavy (non-hydrogen) atoms. The van der Waals surface area contributed by atoms with Crippen molar-refractivity contribution in [2.75, 3.05) is 6.61 Å². The highest BCUT2D eigenvalue weighted by Crippen LogP contribution is 2.31. The predicted octanol–water partition coefficient (Wildman–Crippen LogP) is 8.61. The van der Waals surface area contributed by atoms with Crippen LogP contribution < -0.4 is 4.74 Å². The second-order valence-electron chi connectivity index (χ2n) is 9.80. The van der Waals surface area contributed by atoms with E-state index < -0.39 is 11.9 Å². The minimum atomic E-state index is -0.560. The molecule has 0 aliphatic rings. The van der Waals surface area contributed by atoms with E-state index in [1.54, 1.807) is 24.3 Å². The van der Waals surface area contributed by atoms with Gasteiger partial charge in [0.05, 0.1) is 17.7 Å². The van der Waals surface area contributed by atoms with Gasteiger partial charge in [-0.05, 0) is 54.2 Å². The summed E-state index contributed by atoms with van der Waals surface area (Å²) in [7, 11) is 0. The lowest BCUT2D eigenvalue weighted by Gasteiger charge is -2.15. The van der Waals surface area contributed by atoms with Gasteiger partial charge in [0.15, 0.2) is 0 Å². The Balaban J connectivity index is 1.70. The van der Waals surface area contributed by atoms with Crippen LogP contribution in [0.25, 0.3) is 11.1 Å². The molecule has 0 spiro atoms. The summed E-state index contributed by atoms with van der Waals surface area (Å²) < 4.78 is 5.89.